The van der Waals surface area contributed by atoms with Crippen molar-refractivity contribution in [2.24, 2.45) is 0 Å². The van der Waals surface area contributed by atoms with Crippen LogP contribution in [0, 0.1) is 0 Å². The molecule has 27 heavy (non-hydrogen) atoms. The van der Waals surface area contributed by atoms with E-state index in [0.29, 0.717) is 5.02 Å². The molecule has 0 aliphatic rings. The molecule has 0 aliphatic heterocycles. The molecule has 0 aliphatic carbocycles. The molecule has 0 saturated carbocycles. The Morgan fingerprint density at radius 1 is 1.07 bits per heavy atom. The van der Waals surface area contributed by atoms with Crippen molar-refractivity contribution in [2.45, 2.75) is 17.9 Å². The molecule has 0 heterocycles. The quantitative estimate of drug-likeness (QED) is 0.601. The van der Waals surface area contributed by atoms with Crippen LogP contribution in [0.15, 0.2) is 41.3 Å². The number of sulfone groups is 1. The number of benzene rings is 2. The molecule has 1 amide bonds. The molecule has 2 aromatic rings. The molecular weight excluding hydrogens is 433 g/mol. The molecule has 0 fully saturated rings. The number of carbonyl (C=O) groups excluding carboxylic acids is 1. The first-order valence-corrected chi connectivity index (χ1v) is 10.9. The van der Waals surface area contributed by atoms with Gasteiger partial charge < -0.3 is 9.64 Å². The van der Waals surface area contributed by atoms with Crippen molar-refractivity contribution in [1.82, 2.24) is 4.90 Å². The Balaban J connectivity index is 2.05. The van der Waals surface area contributed by atoms with Gasteiger partial charge in [-0.05, 0) is 30.7 Å². The van der Waals surface area contributed by atoms with E-state index in [4.69, 9.17) is 39.5 Å². The molecule has 2 rings (SSSR count). The van der Waals surface area contributed by atoms with Gasteiger partial charge in [0.2, 0.25) is 0 Å². The molecule has 2 aromatic carbocycles. The molecule has 1 unspecified atom stereocenters. The van der Waals surface area contributed by atoms with E-state index in [1.54, 1.807) is 19.2 Å². The lowest BCUT2D eigenvalue weighted by Crippen LogP contribution is -2.33. The molecule has 0 N–H and O–H groups in total. The number of ether oxygens (including phenoxy) is 1. The number of carbonyl (C=O) groups is 1. The summed E-state index contributed by atoms with van der Waals surface area (Å²) >= 11 is 17.8. The van der Waals surface area contributed by atoms with E-state index < -0.39 is 9.84 Å². The average Bonchev–Trinajstić information content (AvgIpc) is 2.61. The summed E-state index contributed by atoms with van der Waals surface area (Å²) < 4.78 is 28.5. The van der Waals surface area contributed by atoms with Crippen molar-refractivity contribution in [1.29, 1.82) is 0 Å². The third-order valence-corrected chi connectivity index (χ3v) is 6.24. The predicted molar refractivity (Wildman–Crippen MR) is 108 cm³/mol. The van der Waals surface area contributed by atoms with Crippen LogP contribution in [-0.2, 0) is 14.6 Å². The van der Waals surface area contributed by atoms with Gasteiger partial charge in [-0.1, -0.05) is 46.9 Å². The van der Waals surface area contributed by atoms with E-state index in [0.717, 1.165) is 11.8 Å². The second-order valence-electron chi connectivity index (χ2n) is 6.01. The van der Waals surface area contributed by atoms with E-state index in [-0.39, 0.29) is 39.2 Å². The predicted octanol–water partition coefficient (Wildman–Crippen LogP) is 4.65. The van der Waals surface area contributed by atoms with Crippen molar-refractivity contribution in [2.75, 3.05) is 19.9 Å². The maximum absolute atomic E-state index is 12.4. The second-order valence-corrected chi connectivity index (χ2v) is 9.24. The number of amides is 1. The maximum Gasteiger partial charge on any atom is 0.260 e. The minimum atomic E-state index is -3.27. The van der Waals surface area contributed by atoms with E-state index in [1.165, 1.54) is 29.2 Å². The highest BCUT2D eigenvalue weighted by atomic mass is 35.5. The third-order valence-electron chi connectivity index (χ3n) is 4.09. The molecule has 146 valence electrons. The van der Waals surface area contributed by atoms with Gasteiger partial charge in [-0.3, -0.25) is 4.79 Å². The van der Waals surface area contributed by atoms with Gasteiger partial charge in [-0.25, -0.2) is 8.42 Å². The van der Waals surface area contributed by atoms with E-state index in [9.17, 15) is 13.2 Å². The number of hydrogen-bond acceptors (Lipinski definition) is 4. The van der Waals surface area contributed by atoms with Crippen LogP contribution in [-0.4, -0.2) is 39.1 Å². The van der Waals surface area contributed by atoms with Crippen molar-refractivity contribution in [3.05, 3.63) is 57.0 Å². The lowest BCUT2D eigenvalue weighted by molar-refractivity contribution is -0.134. The second kappa shape index (κ2) is 8.69. The Morgan fingerprint density at radius 2 is 1.63 bits per heavy atom. The summed E-state index contributed by atoms with van der Waals surface area (Å²) in [5, 5.41) is 0.823. The number of hydrogen-bond donors (Lipinski definition) is 0. The van der Waals surface area contributed by atoms with Crippen LogP contribution in [0.3, 0.4) is 0 Å². The van der Waals surface area contributed by atoms with Crippen LogP contribution in [0.5, 0.6) is 5.75 Å². The Bertz CT molecular complexity index is 946. The summed E-state index contributed by atoms with van der Waals surface area (Å²) in [7, 11) is -1.63. The average molecular weight is 451 g/mol. The van der Waals surface area contributed by atoms with Crippen molar-refractivity contribution in [3.63, 3.8) is 0 Å². The highest BCUT2D eigenvalue weighted by molar-refractivity contribution is 7.90. The number of likely N-dealkylation sites (N-methyl/N-ethyl adjacent to an activating group) is 1. The molecular formula is C18H18Cl3NO4S. The maximum atomic E-state index is 12.4. The Kier molecular flexibility index (Phi) is 7.03. The van der Waals surface area contributed by atoms with Gasteiger partial charge in [0, 0.05) is 19.4 Å². The van der Waals surface area contributed by atoms with Gasteiger partial charge in [-0.15, -0.1) is 0 Å². The van der Waals surface area contributed by atoms with Gasteiger partial charge >= 0.3 is 0 Å². The summed E-state index contributed by atoms with van der Waals surface area (Å²) in [4.78, 5) is 14.2. The molecule has 0 spiro atoms. The summed E-state index contributed by atoms with van der Waals surface area (Å²) in [5.74, 6) is -0.0187. The van der Waals surface area contributed by atoms with Gasteiger partial charge in [0.1, 0.15) is 5.75 Å². The summed E-state index contributed by atoms with van der Waals surface area (Å²) in [5.41, 5.74) is 0.797. The van der Waals surface area contributed by atoms with E-state index in [1.807, 2.05) is 6.92 Å². The van der Waals surface area contributed by atoms with Crippen LogP contribution in [0.4, 0.5) is 0 Å². The zero-order valence-electron chi connectivity index (χ0n) is 14.9. The summed E-state index contributed by atoms with van der Waals surface area (Å²) in [6.07, 6.45) is 1.15. The molecule has 0 aromatic heterocycles. The lowest BCUT2D eigenvalue weighted by Gasteiger charge is -2.25. The van der Waals surface area contributed by atoms with Crippen molar-refractivity contribution in [3.8, 4) is 5.75 Å². The molecule has 1 atom stereocenters. The summed E-state index contributed by atoms with van der Waals surface area (Å²) in [6, 6.07) is 9.02. The first-order chi connectivity index (χ1) is 12.5. The van der Waals surface area contributed by atoms with E-state index >= 15 is 0 Å². The standard InChI is InChI=1S/C18H18Cl3NO4S/c1-11(12-4-6-13(7-5-12)27(3,24)25)22(2)18(23)10-26-17-9-15(20)14(19)8-16(17)21/h4-9,11H,10H2,1-3H3. The van der Waals surface area contributed by atoms with Crippen LogP contribution in [0.25, 0.3) is 0 Å². The van der Waals surface area contributed by atoms with Gasteiger partial charge in [0.25, 0.3) is 5.91 Å². The van der Waals surface area contributed by atoms with E-state index in [2.05, 4.69) is 0 Å². The molecule has 0 radical (unpaired) electrons. The van der Waals surface area contributed by atoms with Crippen LogP contribution >= 0.6 is 34.8 Å². The monoisotopic (exact) mass is 449 g/mol. The highest BCUT2D eigenvalue weighted by Gasteiger charge is 2.19. The molecule has 5 nitrogen and oxygen atoms in total. The highest BCUT2D eigenvalue weighted by Crippen LogP contribution is 2.34. The molecule has 0 bridgehead atoms. The SMILES string of the molecule is CC(c1ccc(S(C)(=O)=O)cc1)N(C)C(=O)COc1cc(Cl)c(Cl)cc1Cl. The largest absolute Gasteiger partial charge is 0.482 e. The van der Waals surface area contributed by atoms with Crippen LogP contribution in [0.2, 0.25) is 15.1 Å². The smallest absolute Gasteiger partial charge is 0.260 e. The molecule has 0 saturated heterocycles. The molecule has 9 heteroatoms. The Hall–Kier alpha value is -1.47. The van der Waals surface area contributed by atoms with Gasteiger partial charge in [0.15, 0.2) is 16.4 Å². The Morgan fingerprint density at radius 3 is 2.19 bits per heavy atom. The van der Waals surface area contributed by atoms with Gasteiger partial charge in [0.05, 0.1) is 26.0 Å². The minimum Gasteiger partial charge on any atom is -0.482 e. The first-order valence-electron chi connectivity index (χ1n) is 7.83. The van der Waals surface area contributed by atoms with Crippen molar-refractivity contribution < 1.29 is 17.9 Å². The van der Waals surface area contributed by atoms with Crippen molar-refractivity contribution >= 4 is 50.5 Å². The van der Waals surface area contributed by atoms with Gasteiger partial charge in [-0.2, -0.15) is 0 Å². The topological polar surface area (TPSA) is 63.7 Å². The number of nitrogens with zero attached hydrogens (tertiary/aromatic N) is 1. The lowest BCUT2D eigenvalue weighted by atomic mass is 10.1. The van der Waals surface area contributed by atoms with Crippen LogP contribution in [0.1, 0.15) is 18.5 Å². The zero-order valence-corrected chi connectivity index (χ0v) is 18.0. The number of rotatable bonds is 6. The number of halogens is 3. The van der Waals surface area contributed by atoms with Crippen LogP contribution < -0.4 is 4.74 Å². The zero-order chi connectivity index (χ0) is 20.4. The third kappa shape index (κ3) is 5.51. The minimum absolute atomic E-state index is 0.227. The normalized spacial score (nSPS) is 12.5. The summed E-state index contributed by atoms with van der Waals surface area (Å²) in [6.45, 7) is 1.60. The fourth-order valence-electron chi connectivity index (χ4n) is 2.29. The first kappa shape index (κ1) is 21.8. The fourth-order valence-corrected chi connectivity index (χ4v) is 3.51. The Labute approximate surface area is 173 Å². The fraction of sp³-hybridized carbons (Fsp3) is 0.278.